The number of amides is 2. The van der Waals surface area contributed by atoms with Crippen molar-refractivity contribution in [1.82, 2.24) is 10.6 Å². The number of nitrogens with one attached hydrogen (secondary N) is 2. The van der Waals surface area contributed by atoms with Crippen LogP contribution in [-0.2, 0) is 21.3 Å². The number of hydrogen-bond acceptors (Lipinski definition) is 4. The normalized spacial score (nSPS) is 17.9. The van der Waals surface area contributed by atoms with Gasteiger partial charge in [-0.25, -0.2) is 8.78 Å². The van der Waals surface area contributed by atoms with E-state index in [1.807, 2.05) is 0 Å². The van der Waals surface area contributed by atoms with E-state index in [0.29, 0.717) is 18.1 Å². The molecule has 6 nitrogen and oxygen atoms in total. The Morgan fingerprint density at radius 1 is 1.05 bits per heavy atom. The second kappa shape index (κ2) is 10.6. The van der Waals surface area contributed by atoms with Gasteiger partial charge in [-0.1, -0.05) is 25.0 Å². The van der Waals surface area contributed by atoms with Crippen molar-refractivity contribution in [2.45, 2.75) is 57.0 Å². The fourth-order valence-corrected chi connectivity index (χ4v) is 4.37. The van der Waals surface area contributed by atoms with E-state index in [0.717, 1.165) is 12.8 Å². The Kier molecular flexibility index (Phi) is 7.81. The lowest BCUT2D eigenvalue weighted by molar-refractivity contribution is -0.140. The van der Waals surface area contributed by atoms with Crippen LogP contribution in [0.4, 0.5) is 22.0 Å². The second-order valence-corrected chi connectivity index (χ2v) is 10.5. The number of carbonyl (C=O) groups excluding carboxylic acids is 2. The largest absolute Gasteiger partial charge is 0.419 e. The first-order valence-electron chi connectivity index (χ1n) is 12.3. The van der Waals surface area contributed by atoms with Crippen molar-refractivity contribution >= 4 is 11.8 Å². The summed E-state index contributed by atoms with van der Waals surface area (Å²) >= 11 is 0. The van der Waals surface area contributed by atoms with Crippen LogP contribution in [0.3, 0.4) is 0 Å². The Labute approximate surface area is 216 Å². The van der Waals surface area contributed by atoms with Crippen LogP contribution in [0.25, 0.3) is 0 Å². The highest BCUT2D eigenvalue weighted by atomic mass is 19.4. The van der Waals surface area contributed by atoms with Crippen LogP contribution in [0.2, 0.25) is 0 Å². The third-order valence-corrected chi connectivity index (χ3v) is 6.88. The minimum Gasteiger partial charge on any atom is -0.386 e. The van der Waals surface area contributed by atoms with Gasteiger partial charge < -0.3 is 20.5 Å². The molecule has 11 heteroatoms. The van der Waals surface area contributed by atoms with Crippen LogP contribution in [0.5, 0.6) is 0 Å². The monoisotopic (exact) mass is 540 g/mol. The number of ether oxygens (including phenoxy) is 1. The molecule has 1 aliphatic heterocycles. The molecule has 206 valence electrons. The maximum atomic E-state index is 14.8. The van der Waals surface area contributed by atoms with Crippen molar-refractivity contribution in [3.8, 4) is 0 Å². The minimum absolute atomic E-state index is 0.0858. The summed E-state index contributed by atoms with van der Waals surface area (Å²) in [6, 6.07) is 4.67. The van der Waals surface area contributed by atoms with Gasteiger partial charge in [-0.2, -0.15) is 13.2 Å². The molecule has 4 rings (SSSR count). The molecule has 3 N–H and O–H groups in total. The summed E-state index contributed by atoms with van der Waals surface area (Å²) in [7, 11) is 0. The van der Waals surface area contributed by atoms with E-state index in [1.165, 1.54) is 12.1 Å². The van der Waals surface area contributed by atoms with Crippen LogP contribution >= 0.6 is 0 Å². The molecule has 0 radical (unpaired) electrons. The van der Waals surface area contributed by atoms with Crippen molar-refractivity contribution < 1.29 is 41.4 Å². The van der Waals surface area contributed by atoms with Crippen LogP contribution in [0.1, 0.15) is 66.2 Å². The van der Waals surface area contributed by atoms with Gasteiger partial charge in [0.2, 0.25) is 5.91 Å². The summed E-state index contributed by atoms with van der Waals surface area (Å²) in [5.41, 5.74) is -2.64. The van der Waals surface area contributed by atoms with Crippen LogP contribution in [0, 0.1) is 23.5 Å². The topological polar surface area (TPSA) is 87.7 Å². The third kappa shape index (κ3) is 6.50. The van der Waals surface area contributed by atoms with Gasteiger partial charge in [0.05, 0.1) is 30.4 Å². The molecule has 0 unspecified atom stereocenters. The third-order valence-electron chi connectivity index (χ3n) is 6.88. The molecule has 1 heterocycles. The van der Waals surface area contributed by atoms with Crippen LogP contribution < -0.4 is 10.6 Å². The molecule has 0 bridgehead atoms. The zero-order valence-corrected chi connectivity index (χ0v) is 20.9. The quantitative estimate of drug-likeness (QED) is 0.406. The molecule has 0 spiro atoms. The highest BCUT2D eigenvalue weighted by Crippen LogP contribution is 2.37. The predicted molar refractivity (Wildman–Crippen MR) is 127 cm³/mol. The van der Waals surface area contributed by atoms with Gasteiger partial charge >= 0.3 is 6.18 Å². The Hall–Kier alpha value is -3.05. The van der Waals surface area contributed by atoms with Gasteiger partial charge in [0.25, 0.3) is 5.91 Å². The van der Waals surface area contributed by atoms with E-state index >= 15 is 0 Å². The van der Waals surface area contributed by atoms with Gasteiger partial charge in [0.1, 0.15) is 17.7 Å². The number of benzene rings is 2. The smallest absolute Gasteiger partial charge is 0.386 e. The van der Waals surface area contributed by atoms with E-state index in [4.69, 9.17) is 4.74 Å². The molecule has 0 aromatic heterocycles. The molecule has 1 aliphatic carbocycles. The molecule has 38 heavy (non-hydrogen) atoms. The molecule has 2 fully saturated rings. The van der Waals surface area contributed by atoms with E-state index in [9.17, 15) is 36.6 Å². The molecule has 2 aromatic carbocycles. The number of hydrogen-bond donors (Lipinski definition) is 3. The van der Waals surface area contributed by atoms with Crippen molar-refractivity contribution in [3.05, 3.63) is 70.3 Å². The lowest BCUT2D eigenvalue weighted by Crippen LogP contribution is -2.51. The highest BCUT2D eigenvalue weighted by molar-refractivity contribution is 5.97. The summed E-state index contributed by atoms with van der Waals surface area (Å²) in [6.45, 7) is 3.33. The molecular weight excluding hydrogens is 511 g/mol. The van der Waals surface area contributed by atoms with Crippen LogP contribution in [-0.4, -0.2) is 36.2 Å². The SMILES string of the molecule is CC(C)(O)c1cccc(C(=O)N[C@H](CC2CC2)C(=O)N[C@@H](c2cc(F)c(C(F)(F)F)cc2F)C2COC2)c1. The Balaban J connectivity index is 1.57. The Morgan fingerprint density at radius 3 is 2.29 bits per heavy atom. The summed E-state index contributed by atoms with van der Waals surface area (Å²) in [5.74, 6) is -4.48. The van der Waals surface area contributed by atoms with Gasteiger partial charge in [0.15, 0.2) is 0 Å². The fourth-order valence-electron chi connectivity index (χ4n) is 4.37. The molecular formula is C27H29F5N2O4. The van der Waals surface area contributed by atoms with Crippen molar-refractivity contribution in [2.75, 3.05) is 13.2 Å². The van der Waals surface area contributed by atoms with Gasteiger partial charge in [0, 0.05) is 17.0 Å². The predicted octanol–water partition coefficient (Wildman–Crippen LogP) is 4.61. The maximum Gasteiger partial charge on any atom is 0.419 e. The lowest BCUT2D eigenvalue weighted by Gasteiger charge is -2.35. The second-order valence-electron chi connectivity index (χ2n) is 10.5. The standard InChI is InChI=1S/C27H29F5N2O4/c1-26(2,37)17-5-3-4-15(9-17)24(35)33-22(8-14-6-7-14)25(36)34-23(16-12-38-13-16)18-10-21(29)19(11-20(18)28)27(30,31)32/h3-5,9-11,14,16,22-23,37H,6-8,12-13H2,1-2H3,(H,33,35)(H,34,36)/t22-,23-/m1/s1. The molecule has 1 saturated carbocycles. The number of halogens is 5. The van der Waals surface area contributed by atoms with E-state index in [-0.39, 0.29) is 30.8 Å². The van der Waals surface area contributed by atoms with E-state index in [2.05, 4.69) is 10.6 Å². The first-order valence-corrected chi connectivity index (χ1v) is 12.3. The Bertz CT molecular complexity index is 1200. The van der Waals surface area contributed by atoms with Gasteiger partial charge in [-0.3, -0.25) is 9.59 Å². The summed E-state index contributed by atoms with van der Waals surface area (Å²) in [5, 5.41) is 15.6. The summed E-state index contributed by atoms with van der Waals surface area (Å²) < 4.78 is 73.4. The zero-order valence-electron chi connectivity index (χ0n) is 20.9. The molecule has 2 atom stereocenters. The molecule has 1 saturated heterocycles. The zero-order chi connectivity index (χ0) is 27.8. The fraction of sp³-hybridized carbons (Fsp3) is 0.481. The average Bonchev–Trinajstić information content (AvgIpc) is 3.61. The van der Waals surface area contributed by atoms with Crippen molar-refractivity contribution in [3.63, 3.8) is 0 Å². The first kappa shape index (κ1) is 28.0. The van der Waals surface area contributed by atoms with Gasteiger partial charge in [-0.15, -0.1) is 0 Å². The number of aliphatic hydroxyl groups is 1. The summed E-state index contributed by atoms with van der Waals surface area (Å²) in [6.07, 6.45) is -3.04. The van der Waals surface area contributed by atoms with E-state index in [1.54, 1.807) is 26.0 Å². The maximum absolute atomic E-state index is 14.8. The Morgan fingerprint density at radius 2 is 1.74 bits per heavy atom. The average molecular weight is 541 g/mol. The van der Waals surface area contributed by atoms with Crippen LogP contribution in [0.15, 0.2) is 36.4 Å². The van der Waals surface area contributed by atoms with Crippen molar-refractivity contribution in [1.29, 1.82) is 0 Å². The number of alkyl halides is 3. The highest BCUT2D eigenvalue weighted by Gasteiger charge is 2.39. The number of carbonyl (C=O) groups is 2. The number of rotatable bonds is 9. The first-order chi connectivity index (χ1) is 17.7. The lowest BCUT2D eigenvalue weighted by atomic mass is 9.89. The van der Waals surface area contributed by atoms with Gasteiger partial charge in [-0.05, 0) is 56.0 Å². The molecule has 2 aliphatic rings. The minimum atomic E-state index is -5.08. The summed E-state index contributed by atoms with van der Waals surface area (Å²) in [4.78, 5) is 26.4. The van der Waals surface area contributed by atoms with Crippen molar-refractivity contribution in [2.24, 2.45) is 11.8 Å². The molecule has 2 amide bonds. The van der Waals surface area contributed by atoms with E-state index < -0.39 is 64.4 Å². The molecule has 2 aromatic rings.